The van der Waals surface area contributed by atoms with Gasteiger partial charge in [0.15, 0.2) is 5.82 Å². The van der Waals surface area contributed by atoms with Gasteiger partial charge in [-0.2, -0.15) is 4.98 Å². The van der Waals surface area contributed by atoms with Crippen LogP contribution in [-0.4, -0.2) is 15.2 Å². The highest BCUT2D eigenvalue weighted by molar-refractivity contribution is 6.37. The molecule has 88 valence electrons. The molecule has 0 saturated heterocycles. The third-order valence-electron chi connectivity index (χ3n) is 2.07. The molecule has 0 atom stereocenters. The van der Waals surface area contributed by atoms with E-state index in [1.165, 1.54) is 6.07 Å². The van der Waals surface area contributed by atoms with E-state index in [2.05, 4.69) is 15.2 Å². The van der Waals surface area contributed by atoms with Crippen molar-refractivity contribution in [2.75, 3.05) is 17.2 Å². The summed E-state index contributed by atoms with van der Waals surface area (Å²) in [5.74, 6) is 0.115. The maximum absolute atomic E-state index is 6.03. The zero-order valence-electron chi connectivity index (χ0n) is 8.48. The topological polar surface area (TPSA) is 117 Å². The second-order valence-corrected chi connectivity index (χ2v) is 4.07. The Balaban J connectivity index is 2.64. The van der Waals surface area contributed by atoms with Gasteiger partial charge in [-0.05, 0) is 12.1 Å². The Morgan fingerprint density at radius 3 is 2.29 bits per heavy atom. The Morgan fingerprint density at radius 2 is 1.65 bits per heavy atom. The molecule has 0 spiro atoms. The van der Waals surface area contributed by atoms with Crippen LogP contribution in [0.4, 0.5) is 17.5 Å². The van der Waals surface area contributed by atoms with Crippen LogP contribution in [0.2, 0.25) is 10.0 Å². The Bertz CT molecular complexity index is 586. The fourth-order valence-corrected chi connectivity index (χ4v) is 1.71. The SMILES string of the molecule is Nc1nnc(-c2cc(Cl)c(N)cc2Cl)c(N)n1. The Labute approximate surface area is 107 Å². The molecule has 2 aromatic rings. The molecular weight excluding hydrogens is 263 g/mol. The number of nitrogens with zero attached hydrogens (tertiary/aromatic N) is 3. The molecule has 17 heavy (non-hydrogen) atoms. The average molecular weight is 271 g/mol. The average Bonchev–Trinajstić information content (AvgIpc) is 2.24. The van der Waals surface area contributed by atoms with Crippen molar-refractivity contribution in [3.8, 4) is 11.3 Å². The van der Waals surface area contributed by atoms with E-state index >= 15 is 0 Å². The minimum atomic E-state index is -0.0103. The Morgan fingerprint density at radius 1 is 0.941 bits per heavy atom. The second-order valence-electron chi connectivity index (χ2n) is 3.26. The highest BCUT2D eigenvalue weighted by Crippen LogP contribution is 2.34. The van der Waals surface area contributed by atoms with E-state index in [0.29, 0.717) is 27.0 Å². The summed E-state index contributed by atoms with van der Waals surface area (Å²) >= 11 is 11.9. The van der Waals surface area contributed by atoms with Crippen LogP contribution >= 0.6 is 23.2 Å². The first-order chi connectivity index (χ1) is 7.99. The highest BCUT2D eigenvalue weighted by Gasteiger charge is 2.13. The maximum atomic E-state index is 6.03. The molecule has 0 radical (unpaired) electrons. The molecule has 0 unspecified atom stereocenters. The second kappa shape index (κ2) is 4.23. The Hall–Kier alpha value is -1.79. The monoisotopic (exact) mass is 270 g/mol. The van der Waals surface area contributed by atoms with Gasteiger partial charge in [0.25, 0.3) is 0 Å². The van der Waals surface area contributed by atoms with Crippen molar-refractivity contribution < 1.29 is 0 Å². The molecule has 0 aliphatic carbocycles. The van der Waals surface area contributed by atoms with Crippen molar-refractivity contribution in [3.05, 3.63) is 22.2 Å². The van der Waals surface area contributed by atoms with Gasteiger partial charge in [0.1, 0.15) is 5.69 Å². The van der Waals surface area contributed by atoms with Crippen molar-refractivity contribution in [1.29, 1.82) is 0 Å². The number of nitrogen functional groups attached to an aromatic ring is 3. The fourth-order valence-electron chi connectivity index (χ4n) is 1.29. The molecule has 6 nitrogen and oxygen atoms in total. The van der Waals surface area contributed by atoms with E-state index in [0.717, 1.165) is 0 Å². The standard InChI is InChI=1S/C9H8Cl2N6/c10-4-2-6(12)5(11)1-3(4)7-8(13)15-9(14)17-16-7/h1-2H,12H2,(H4,13,14,15,17). The summed E-state index contributed by atoms with van der Waals surface area (Å²) in [6.07, 6.45) is 0. The molecule has 0 saturated carbocycles. The molecule has 0 fully saturated rings. The Kier molecular flexibility index (Phi) is 2.91. The predicted molar refractivity (Wildman–Crippen MR) is 68.5 cm³/mol. The van der Waals surface area contributed by atoms with E-state index in [1.54, 1.807) is 6.07 Å². The van der Waals surface area contributed by atoms with E-state index in [4.69, 9.17) is 40.4 Å². The molecule has 8 heteroatoms. The van der Waals surface area contributed by atoms with Crippen LogP contribution in [0.15, 0.2) is 12.1 Å². The number of halogens is 2. The summed E-state index contributed by atoms with van der Waals surface area (Å²) in [7, 11) is 0. The summed E-state index contributed by atoms with van der Waals surface area (Å²) in [6, 6.07) is 3.06. The lowest BCUT2D eigenvalue weighted by Gasteiger charge is -2.07. The van der Waals surface area contributed by atoms with Crippen LogP contribution in [0.5, 0.6) is 0 Å². The molecular formula is C9H8Cl2N6. The lowest BCUT2D eigenvalue weighted by atomic mass is 10.1. The predicted octanol–water partition coefficient (Wildman–Crippen LogP) is 1.59. The van der Waals surface area contributed by atoms with Gasteiger partial charge in [-0.25, -0.2) is 0 Å². The van der Waals surface area contributed by atoms with Crippen molar-refractivity contribution in [1.82, 2.24) is 15.2 Å². The quantitative estimate of drug-likeness (QED) is 0.678. The van der Waals surface area contributed by atoms with Crippen LogP contribution in [-0.2, 0) is 0 Å². The third-order valence-corrected chi connectivity index (χ3v) is 2.71. The van der Waals surface area contributed by atoms with Gasteiger partial charge in [-0.3, -0.25) is 0 Å². The molecule has 0 aliphatic heterocycles. The maximum Gasteiger partial charge on any atom is 0.242 e. The smallest absolute Gasteiger partial charge is 0.242 e. The van der Waals surface area contributed by atoms with Gasteiger partial charge in [-0.1, -0.05) is 23.2 Å². The molecule has 0 bridgehead atoms. The third kappa shape index (κ3) is 2.17. The summed E-state index contributed by atoms with van der Waals surface area (Å²) in [5, 5.41) is 8.16. The fraction of sp³-hybridized carbons (Fsp3) is 0. The van der Waals surface area contributed by atoms with Gasteiger partial charge in [0.2, 0.25) is 5.95 Å². The minimum Gasteiger partial charge on any atom is -0.397 e. The van der Waals surface area contributed by atoms with Gasteiger partial charge >= 0.3 is 0 Å². The molecule has 1 heterocycles. The normalized spacial score (nSPS) is 10.5. The first-order valence-corrected chi connectivity index (χ1v) is 5.25. The van der Waals surface area contributed by atoms with E-state index < -0.39 is 0 Å². The summed E-state index contributed by atoms with van der Waals surface area (Å²) in [4.78, 5) is 3.79. The number of anilines is 3. The lowest BCUT2D eigenvalue weighted by Crippen LogP contribution is -2.04. The molecule has 1 aromatic heterocycles. The number of benzene rings is 1. The number of hydrogen-bond acceptors (Lipinski definition) is 6. The molecule has 0 aliphatic rings. The molecule has 0 amide bonds. The zero-order valence-corrected chi connectivity index (χ0v) is 10.00. The molecule has 2 rings (SSSR count). The van der Waals surface area contributed by atoms with E-state index in [9.17, 15) is 0 Å². The van der Waals surface area contributed by atoms with Gasteiger partial charge in [-0.15, -0.1) is 10.2 Å². The number of aromatic nitrogens is 3. The van der Waals surface area contributed by atoms with Crippen molar-refractivity contribution in [2.24, 2.45) is 0 Å². The van der Waals surface area contributed by atoms with Crippen molar-refractivity contribution in [3.63, 3.8) is 0 Å². The van der Waals surface area contributed by atoms with Crippen LogP contribution in [0.3, 0.4) is 0 Å². The molecule has 6 N–H and O–H groups in total. The van der Waals surface area contributed by atoms with Crippen LogP contribution in [0.25, 0.3) is 11.3 Å². The van der Waals surface area contributed by atoms with Gasteiger partial charge in [0, 0.05) is 5.56 Å². The lowest BCUT2D eigenvalue weighted by molar-refractivity contribution is 1.000. The minimum absolute atomic E-state index is 0.0103. The van der Waals surface area contributed by atoms with Gasteiger partial charge in [0.05, 0.1) is 15.7 Å². The summed E-state index contributed by atoms with van der Waals surface area (Å²) < 4.78 is 0. The largest absolute Gasteiger partial charge is 0.397 e. The number of nitrogens with two attached hydrogens (primary N) is 3. The first-order valence-electron chi connectivity index (χ1n) is 4.49. The van der Waals surface area contributed by atoms with Crippen LogP contribution < -0.4 is 17.2 Å². The summed E-state index contributed by atoms with van der Waals surface area (Å²) in [6.45, 7) is 0. The van der Waals surface area contributed by atoms with Crippen LogP contribution in [0, 0.1) is 0 Å². The van der Waals surface area contributed by atoms with Crippen LogP contribution in [0.1, 0.15) is 0 Å². The van der Waals surface area contributed by atoms with Gasteiger partial charge < -0.3 is 17.2 Å². The first kappa shape index (κ1) is 11.7. The van der Waals surface area contributed by atoms with E-state index in [1.807, 2.05) is 0 Å². The number of rotatable bonds is 1. The zero-order chi connectivity index (χ0) is 12.6. The van der Waals surface area contributed by atoms with Crippen molar-refractivity contribution in [2.45, 2.75) is 0 Å². The highest BCUT2D eigenvalue weighted by atomic mass is 35.5. The number of hydrogen-bond donors (Lipinski definition) is 3. The van der Waals surface area contributed by atoms with Crippen molar-refractivity contribution >= 4 is 40.7 Å². The molecule has 1 aromatic carbocycles. The van der Waals surface area contributed by atoms with E-state index in [-0.39, 0.29) is 11.8 Å². The summed E-state index contributed by atoms with van der Waals surface area (Å²) in [5.41, 5.74) is 17.8.